The number of rotatable bonds is 3. The average Bonchev–Trinajstić information content (AvgIpc) is 2.36. The van der Waals surface area contributed by atoms with Gasteiger partial charge in [-0.3, -0.25) is 0 Å². The molecule has 2 rings (SSSR count). The third kappa shape index (κ3) is 2.33. The fourth-order valence-electron chi connectivity index (χ4n) is 2.40. The third-order valence-corrected chi connectivity index (χ3v) is 3.22. The molecule has 0 aliphatic heterocycles. The summed E-state index contributed by atoms with van der Waals surface area (Å²) in [6.45, 7) is 4.26. The number of phenols is 2. The van der Waals surface area contributed by atoms with E-state index in [-0.39, 0.29) is 11.5 Å². The van der Waals surface area contributed by atoms with Crippen LogP contribution in [0.4, 0.5) is 0 Å². The molecule has 2 N–H and O–H groups in total. The first kappa shape index (κ1) is 12.5. The van der Waals surface area contributed by atoms with E-state index in [9.17, 15) is 10.2 Å². The van der Waals surface area contributed by atoms with Crippen LogP contribution in [-0.2, 0) is 12.8 Å². The van der Waals surface area contributed by atoms with Crippen molar-refractivity contribution in [3.63, 3.8) is 0 Å². The number of aryl methyl sites for hydroxylation is 1. The van der Waals surface area contributed by atoms with Crippen molar-refractivity contribution in [3.8, 4) is 22.6 Å². The minimum Gasteiger partial charge on any atom is -0.508 e. The van der Waals surface area contributed by atoms with Gasteiger partial charge in [0, 0.05) is 6.07 Å². The first-order valence-corrected chi connectivity index (χ1v) is 6.29. The Labute approximate surface area is 108 Å². The maximum absolute atomic E-state index is 9.59. The van der Waals surface area contributed by atoms with Crippen LogP contribution in [0.25, 0.3) is 11.1 Å². The molecule has 0 atom stereocenters. The number of aromatic hydroxyl groups is 2. The van der Waals surface area contributed by atoms with Crippen LogP contribution in [0.5, 0.6) is 11.5 Å². The Morgan fingerprint density at radius 1 is 0.889 bits per heavy atom. The van der Waals surface area contributed by atoms with Crippen molar-refractivity contribution in [2.75, 3.05) is 0 Å². The molecule has 0 saturated heterocycles. The van der Waals surface area contributed by atoms with Gasteiger partial charge in [0.25, 0.3) is 0 Å². The van der Waals surface area contributed by atoms with Crippen LogP contribution in [0.2, 0.25) is 0 Å². The molecular weight excluding hydrogens is 224 g/mol. The van der Waals surface area contributed by atoms with E-state index in [1.807, 2.05) is 12.1 Å². The lowest BCUT2D eigenvalue weighted by atomic mass is 9.92. The summed E-state index contributed by atoms with van der Waals surface area (Å²) in [5.41, 5.74) is 4.55. The highest BCUT2D eigenvalue weighted by Gasteiger charge is 2.09. The Morgan fingerprint density at radius 3 is 2.11 bits per heavy atom. The number of phenolic OH excluding ortho intramolecular Hbond substituents is 2. The van der Waals surface area contributed by atoms with E-state index in [1.165, 1.54) is 17.2 Å². The summed E-state index contributed by atoms with van der Waals surface area (Å²) >= 11 is 0. The molecule has 0 saturated carbocycles. The highest BCUT2D eigenvalue weighted by atomic mass is 16.3. The summed E-state index contributed by atoms with van der Waals surface area (Å²) < 4.78 is 0. The van der Waals surface area contributed by atoms with E-state index in [0.29, 0.717) is 0 Å². The predicted octanol–water partition coefficient (Wildman–Crippen LogP) is 3.89. The number of hydrogen-bond donors (Lipinski definition) is 2. The molecule has 94 valence electrons. The zero-order chi connectivity index (χ0) is 13.1. The lowest BCUT2D eigenvalue weighted by Crippen LogP contribution is -1.94. The summed E-state index contributed by atoms with van der Waals surface area (Å²) in [7, 11) is 0. The van der Waals surface area contributed by atoms with Gasteiger partial charge in [-0.1, -0.05) is 32.0 Å². The highest BCUT2D eigenvalue weighted by molar-refractivity contribution is 5.71. The maximum atomic E-state index is 9.59. The molecule has 2 aromatic rings. The van der Waals surface area contributed by atoms with Crippen LogP contribution >= 0.6 is 0 Å². The van der Waals surface area contributed by atoms with Crippen LogP contribution < -0.4 is 0 Å². The van der Waals surface area contributed by atoms with Crippen LogP contribution in [0.15, 0.2) is 36.4 Å². The molecular formula is C16H18O2. The second-order valence-corrected chi connectivity index (χ2v) is 4.39. The van der Waals surface area contributed by atoms with Gasteiger partial charge in [0.15, 0.2) is 0 Å². The van der Waals surface area contributed by atoms with Gasteiger partial charge in [-0.25, -0.2) is 0 Å². The second kappa shape index (κ2) is 5.13. The summed E-state index contributed by atoms with van der Waals surface area (Å²) in [5.74, 6) is 0.183. The Morgan fingerprint density at radius 2 is 1.56 bits per heavy atom. The highest BCUT2D eigenvalue weighted by Crippen LogP contribution is 2.32. The number of hydrogen-bond acceptors (Lipinski definition) is 2. The molecule has 0 aliphatic carbocycles. The Bertz CT molecular complexity index is 539. The van der Waals surface area contributed by atoms with Crippen molar-refractivity contribution in [3.05, 3.63) is 47.5 Å². The molecule has 2 nitrogen and oxygen atoms in total. The molecule has 0 aromatic heterocycles. The molecule has 0 heterocycles. The van der Waals surface area contributed by atoms with E-state index >= 15 is 0 Å². The van der Waals surface area contributed by atoms with E-state index < -0.39 is 0 Å². The zero-order valence-corrected chi connectivity index (χ0v) is 10.8. The van der Waals surface area contributed by atoms with Gasteiger partial charge in [-0.05, 0) is 47.2 Å². The monoisotopic (exact) mass is 242 g/mol. The Kier molecular flexibility index (Phi) is 3.56. The van der Waals surface area contributed by atoms with Crippen molar-refractivity contribution in [2.24, 2.45) is 0 Å². The van der Waals surface area contributed by atoms with Crippen molar-refractivity contribution in [1.29, 1.82) is 0 Å². The van der Waals surface area contributed by atoms with Crippen LogP contribution in [-0.4, -0.2) is 10.2 Å². The summed E-state index contributed by atoms with van der Waals surface area (Å²) in [6, 6.07) is 10.9. The zero-order valence-electron chi connectivity index (χ0n) is 10.8. The molecule has 0 unspecified atom stereocenters. The van der Waals surface area contributed by atoms with Crippen molar-refractivity contribution in [1.82, 2.24) is 0 Å². The lowest BCUT2D eigenvalue weighted by molar-refractivity contribution is 0.451. The topological polar surface area (TPSA) is 40.5 Å². The smallest absolute Gasteiger partial charge is 0.119 e. The normalized spacial score (nSPS) is 10.6. The minimum atomic E-state index is 0.0916. The van der Waals surface area contributed by atoms with Gasteiger partial charge in [-0.2, -0.15) is 0 Å². The molecule has 2 aromatic carbocycles. The van der Waals surface area contributed by atoms with Gasteiger partial charge in [0.05, 0.1) is 0 Å². The quantitative estimate of drug-likeness (QED) is 0.857. The van der Waals surface area contributed by atoms with E-state index in [2.05, 4.69) is 19.9 Å². The summed E-state index contributed by atoms with van der Waals surface area (Å²) in [4.78, 5) is 0. The van der Waals surface area contributed by atoms with E-state index in [4.69, 9.17) is 0 Å². The fraction of sp³-hybridized carbons (Fsp3) is 0.250. The van der Waals surface area contributed by atoms with Crippen molar-refractivity contribution < 1.29 is 10.2 Å². The predicted molar refractivity (Wildman–Crippen MR) is 74.0 cm³/mol. The molecule has 2 heteroatoms. The molecule has 0 fully saturated rings. The molecule has 0 radical (unpaired) electrons. The minimum absolute atomic E-state index is 0.0916. The summed E-state index contributed by atoms with van der Waals surface area (Å²) in [6.07, 6.45) is 1.93. The van der Waals surface area contributed by atoms with Crippen LogP contribution in [0, 0.1) is 0 Å². The maximum Gasteiger partial charge on any atom is 0.119 e. The van der Waals surface area contributed by atoms with Crippen molar-refractivity contribution >= 4 is 0 Å². The van der Waals surface area contributed by atoms with Gasteiger partial charge < -0.3 is 10.2 Å². The van der Waals surface area contributed by atoms with Gasteiger partial charge >= 0.3 is 0 Å². The standard InChI is InChI=1S/C16H18O2/c1-3-11-6-5-7-16(15(11)4-2)12-8-13(17)10-14(18)9-12/h5-10,17-18H,3-4H2,1-2H3. The van der Waals surface area contributed by atoms with Gasteiger partial charge in [-0.15, -0.1) is 0 Å². The first-order chi connectivity index (χ1) is 8.65. The van der Waals surface area contributed by atoms with Gasteiger partial charge in [0.1, 0.15) is 11.5 Å². The molecule has 0 spiro atoms. The van der Waals surface area contributed by atoms with E-state index in [0.717, 1.165) is 24.0 Å². The second-order valence-electron chi connectivity index (χ2n) is 4.39. The Balaban J connectivity index is 2.63. The van der Waals surface area contributed by atoms with Crippen molar-refractivity contribution in [2.45, 2.75) is 26.7 Å². The van der Waals surface area contributed by atoms with Gasteiger partial charge in [0.2, 0.25) is 0 Å². The molecule has 0 amide bonds. The average molecular weight is 242 g/mol. The molecule has 18 heavy (non-hydrogen) atoms. The third-order valence-electron chi connectivity index (χ3n) is 3.22. The fourth-order valence-corrected chi connectivity index (χ4v) is 2.40. The largest absolute Gasteiger partial charge is 0.508 e. The molecule has 0 aliphatic rings. The number of benzene rings is 2. The SMILES string of the molecule is CCc1cccc(-c2cc(O)cc(O)c2)c1CC. The van der Waals surface area contributed by atoms with Crippen LogP contribution in [0.1, 0.15) is 25.0 Å². The van der Waals surface area contributed by atoms with Crippen LogP contribution in [0.3, 0.4) is 0 Å². The molecule has 0 bridgehead atoms. The van der Waals surface area contributed by atoms with E-state index in [1.54, 1.807) is 12.1 Å². The Hall–Kier alpha value is -1.96. The summed E-state index contributed by atoms with van der Waals surface area (Å²) in [5, 5.41) is 19.2. The lowest BCUT2D eigenvalue weighted by Gasteiger charge is -2.13. The first-order valence-electron chi connectivity index (χ1n) is 6.29.